The van der Waals surface area contributed by atoms with E-state index in [0.717, 1.165) is 194 Å². The minimum Gasteiger partial charge on any atom is -0.460 e. The van der Waals surface area contributed by atoms with Crippen LogP contribution in [0.15, 0.2) is 257 Å². The van der Waals surface area contributed by atoms with E-state index in [9.17, 15) is 24.0 Å². The van der Waals surface area contributed by atoms with Crippen molar-refractivity contribution < 1.29 is 33.8 Å². The smallest absolute Gasteiger partial charge is 0.306 e. The number of hydrogen-bond acceptors (Lipinski definition) is 16. The van der Waals surface area contributed by atoms with Crippen LogP contribution >= 0.6 is 58.0 Å². The van der Waals surface area contributed by atoms with Crippen LogP contribution in [0.3, 0.4) is 0 Å². The maximum absolute atomic E-state index is 12.7. The topological polar surface area (TPSA) is 278 Å². The van der Waals surface area contributed by atoms with Gasteiger partial charge in [0.05, 0.1) is 71.7 Å². The van der Waals surface area contributed by atoms with Crippen molar-refractivity contribution in [2.24, 2.45) is 5.73 Å². The number of piperidine rings is 5. The molecule has 26 nitrogen and oxygen atoms in total. The largest absolute Gasteiger partial charge is 0.460 e. The number of aliphatic hydroxyl groups is 1. The molecule has 0 radical (unpaired) electrons. The summed E-state index contributed by atoms with van der Waals surface area (Å²) in [6, 6.07) is 51.8. The molecule has 16 heterocycles. The fourth-order valence-corrected chi connectivity index (χ4v) is 21.1. The van der Waals surface area contributed by atoms with E-state index in [1.165, 1.54) is 60.4 Å². The summed E-state index contributed by atoms with van der Waals surface area (Å²) in [5.74, 6) is 2.15. The lowest BCUT2D eigenvalue weighted by Gasteiger charge is -2.32. The number of aliphatic hydroxyl groups excluding tert-OH is 1. The number of fused-ring (bicyclic) bond motifs is 5. The summed E-state index contributed by atoms with van der Waals surface area (Å²) >= 11 is 30.3. The molecule has 5 aromatic carbocycles. The molecule has 0 bridgehead atoms. The first-order valence-corrected chi connectivity index (χ1v) is 50.8. The van der Waals surface area contributed by atoms with E-state index in [1.54, 1.807) is 4.90 Å². The molecule has 4 amide bonds. The zero-order chi connectivity index (χ0) is 99.1. The highest BCUT2D eigenvalue weighted by molar-refractivity contribution is 6.32. The highest BCUT2D eigenvalue weighted by Crippen LogP contribution is 2.43. The zero-order valence-electron chi connectivity index (χ0n) is 80.7. The summed E-state index contributed by atoms with van der Waals surface area (Å²) in [7, 11) is 3.87. The Morgan fingerprint density at radius 2 is 0.648 bits per heavy atom. The number of nitrogens with one attached hydrogen (secondary N) is 1. The van der Waals surface area contributed by atoms with E-state index in [1.807, 2.05) is 232 Å². The van der Waals surface area contributed by atoms with Crippen LogP contribution in [0.5, 0.6) is 0 Å². The van der Waals surface area contributed by atoms with Gasteiger partial charge in [-0.3, -0.25) is 58.9 Å². The lowest BCUT2D eigenvalue weighted by atomic mass is 9.89. The van der Waals surface area contributed by atoms with Gasteiger partial charge >= 0.3 is 5.97 Å². The van der Waals surface area contributed by atoms with E-state index in [4.69, 9.17) is 73.6 Å². The van der Waals surface area contributed by atoms with Gasteiger partial charge in [0, 0.05) is 226 Å². The first-order chi connectivity index (χ1) is 68.8. The van der Waals surface area contributed by atoms with Gasteiger partial charge in [-0.25, -0.2) is 0 Å². The molecule has 0 unspecified atom stereocenters. The number of nitrogens with two attached hydrogens (primary N) is 1. The number of halogens is 5. The van der Waals surface area contributed by atoms with Crippen LogP contribution in [0, 0.1) is 0 Å². The highest BCUT2D eigenvalue weighted by atomic mass is 35.5. The van der Waals surface area contributed by atoms with E-state index < -0.39 is 12.2 Å². The Bertz CT molecular complexity index is 6820. The molecule has 31 heteroatoms. The third kappa shape index (κ3) is 24.5. The SMILES string of the molecule is CC(C)(C)OC(=O)CCCC(=O)N1CCC(c2cn(-c3ccc(Cl)cc3)c3cnccc23)CC1.CN(C)CC(=O)N1CCC(c2cn(-c3ccc(Cl)cc3)c3cnccc23)CC1.Clc1ccc(-n2cc(C3CCN(Cc4ccn[nH]4)CC3)c3ccncc32)cc1.NCC(=O)N1CCC(c2cn(-c3ccc(Cl)cc3)c3cnccc23)CC1.O=C(CO)N1CCC(c2cn(-c3ccc(Cl)cc3)c3cnccc23)CC1. The molecule has 21 rings (SSSR count). The van der Waals surface area contributed by atoms with Crippen molar-refractivity contribution in [3.05, 3.63) is 315 Å². The van der Waals surface area contributed by atoms with Crippen molar-refractivity contribution >= 4 is 142 Å². The number of likely N-dealkylation sites (tertiary alicyclic amines) is 5. The summed E-state index contributed by atoms with van der Waals surface area (Å²) in [4.78, 5) is 94.0. The van der Waals surface area contributed by atoms with Crippen molar-refractivity contribution in [3.63, 3.8) is 0 Å². The van der Waals surface area contributed by atoms with Crippen LogP contribution in [-0.4, -0.2) is 227 Å². The average Bonchev–Trinajstić information content (AvgIpc) is 1.64. The molecule has 5 fully saturated rings. The quantitative estimate of drug-likeness (QED) is 0.0598. The maximum Gasteiger partial charge on any atom is 0.306 e. The van der Waals surface area contributed by atoms with Crippen molar-refractivity contribution in [2.75, 3.05) is 99.2 Å². The number of amides is 4. The second-order valence-electron chi connectivity index (χ2n) is 38.4. The lowest BCUT2D eigenvalue weighted by molar-refractivity contribution is -0.155. The summed E-state index contributed by atoms with van der Waals surface area (Å²) in [6.07, 6.45) is 42.8. The van der Waals surface area contributed by atoms with Gasteiger partial charge in [-0.1, -0.05) is 58.0 Å². The average molecular weight is 2010 g/mol. The predicted octanol–water partition coefficient (Wildman–Crippen LogP) is 21.3. The number of rotatable bonds is 20. The van der Waals surface area contributed by atoms with Gasteiger partial charge in [-0.2, -0.15) is 5.10 Å². The number of aromatic amines is 1. The van der Waals surface area contributed by atoms with Gasteiger partial charge in [0.2, 0.25) is 23.6 Å². The molecule has 5 aliphatic heterocycles. The number of aromatic nitrogens is 12. The fraction of sp³-hybridized carbons (Fsp3) is 0.342. The van der Waals surface area contributed by atoms with E-state index in [0.29, 0.717) is 72.1 Å². The predicted molar refractivity (Wildman–Crippen MR) is 565 cm³/mol. The van der Waals surface area contributed by atoms with Crippen LogP contribution in [0.4, 0.5) is 0 Å². The van der Waals surface area contributed by atoms with Gasteiger partial charge in [-0.15, -0.1) is 0 Å². The molecule has 11 aromatic heterocycles. The fourth-order valence-electron chi connectivity index (χ4n) is 20.5. The zero-order valence-corrected chi connectivity index (χ0v) is 84.5. The van der Waals surface area contributed by atoms with Crippen molar-refractivity contribution in [3.8, 4) is 28.4 Å². The molecule has 142 heavy (non-hydrogen) atoms. The van der Waals surface area contributed by atoms with Gasteiger partial charge in [0.25, 0.3) is 0 Å². The summed E-state index contributed by atoms with van der Waals surface area (Å²) in [6.45, 7) is 14.8. The molecule has 5 aliphatic rings. The van der Waals surface area contributed by atoms with Gasteiger partial charge in [0.15, 0.2) is 0 Å². The number of pyridine rings is 5. The molecule has 5 saturated heterocycles. The summed E-state index contributed by atoms with van der Waals surface area (Å²) < 4.78 is 16.3. The number of likely N-dealkylation sites (N-methyl/N-ethyl adjacent to an activating group) is 1. The monoisotopic (exact) mass is 2010 g/mol. The highest BCUT2D eigenvalue weighted by Gasteiger charge is 2.33. The lowest BCUT2D eigenvalue weighted by Crippen LogP contribution is -2.42. The minimum absolute atomic E-state index is 0.0382. The molecule has 0 atom stereocenters. The third-order valence-corrected chi connectivity index (χ3v) is 29.1. The van der Waals surface area contributed by atoms with Crippen molar-refractivity contribution in [2.45, 2.75) is 146 Å². The molecular formula is C111H120Cl5N19O7. The normalized spacial score (nSPS) is 15.5. The second-order valence-corrected chi connectivity index (χ2v) is 40.6. The molecule has 0 saturated carbocycles. The Labute approximate surface area is 852 Å². The minimum atomic E-state index is -0.490. The number of H-pyrrole nitrogens is 1. The van der Waals surface area contributed by atoms with Gasteiger partial charge in [0.1, 0.15) is 12.2 Å². The Kier molecular flexibility index (Phi) is 33.1. The summed E-state index contributed by atoms with van der Waals surface area (Å²) in [5, 5.41) is 26.0. The van der Waals surface area contributed by atoms with Crippen LogP contribution in [0.1, 0.15) is 167 Å². The molecule has 0 aliphatic carbocycles. The van der Waals surface area contributed by atoms with E-state index in [-0.39, 0.29) is 42.6 Å². The second kappa shape index (κ2) is 46.6. The molecule has 0 spiro atoms. The van der Waals surface area contributed by atoms with Crippen LogP contribution in [0.2, 0.25) is 25.1 Å². The Morgan fingerprint density at radius 1 is 0.373 bits per heavy atom. The van der Waals surface area contributed by atoms with Crippen molar-refractivity contribution in [1.82, 2.24) is 87.4 Å². The molecule has 16 aromatic rings. The molecule has 736 valence electrons. The van der Waals surface area contributed by atoms with Crippen LogP contribution in [-0.2, 0) is 35.3 Å². The number of hydrogen-bond donors (Lipinski definition) is 3. The van der Waals surface area contributed by atoms with E-state index in [2.05, 4.69) is 142 Å². The Hall–Kier alpha value is -12.6. The number of esters is 1. The maximum atomic E-state index is 12.7. The van der Waals surface area contributed by atoms with Crippen LogP contribution < -0.4 is 5.73 Å². The number of benzene rings is 5. The molecular weight excluding hydrogens is 1890 g/mol. The number of carbonyl (C=O) groups is 5. The third-order valence-electron chi connectivity index (χ3n) is 27.8. The number of ether oxygens (including phenoxy) is 1. The summed E-state index contributed by atoms with van der Waals surface area (Å²) in [5.41, 5.74) is 23.7. The molecule has 4 N–H and O–H groups in total. The standard InChI is InChI=1S/C27H32ClN3O3.C22H22ClN5.C22H25ClN4O.C20H21ClN4O.C20H20ClN3O2/c1-27(2,3)34-26(33)6-4-5-25(32)30-15-12-19(13-16-30)23-18-31(21-9-7-20(28)8-10-21)24-17-29-14-11-22(23)24;23-17-1-3-19(4-2-17)28-15-21(20-6-9-24-13-22(20)28)16-7-11-27(12-8-16)14-18-5-10-25-26-18;1-25(2)15-22(28)26-11-8-16(9-12-26)20-14-27(18-5-3-17(23)4-6-18)21-13-24-10-7-19(20)21;21-15-1-3-16(4-2-15)25-13-18(17-5-8-23-12-19(17)25)14-6-9-24(10-7-14)20(26)11-22;21-15-1-3-16(4-2-15)24-12-18(17-5-8-22-11-19(17)24)14-6-9-23(10-7-14)20(26)13-25/h7-11,14,17-19H,4-6,12-13,15-16H2,1-3H3;1-6,9-10,13,15-16H,7-8,11-12,14H2,(H,25,26);3-7,10,13-14,16H,8-9,11-12,15H2,1-2H3;1-5,8,12-14H,6-7,9-11,22H2;1-5,8,11-12,14,25H,6-7,9-10,13H2. The van der Waals surface area contributed by atoms with Gasteiger partial charge < -0.3 is 62.9 Å². The van der Waals surface area contributed by atoms with E-state index >= 15 is 0 Å². The Morgan fingerprint density at radius 3 is 0.908 bits per heavy atom. The first kappa shape index (κ1) is 101. The first-order valence-electron chi connectivity index (χ1n) is 48.9. The van der Waals surface area contributed by atoms with Gasteiger partial charge in [-0.05, 0) is 334 Å². The Balaban J connectivity index is 0.000000122. The van der Waals surface area contributed by atoms with Crippen LogP contribution in [0.25, 0.3) is 83.0 Å². The number of carbonyl (C=O) groups excluding carboxylic acids is 5. The number of nitrogens with zero attached hydrogens (tertiary/aromatic N) is 17. The van der Waals surface area contributed by atoms with Crippen molar-refractivity contribution in [1.29, 1.82) is 0 Å².